The van der Waals surface area contributed by atoms with Crippen molar-refractivity contribution in [2.24, 2.45) is 0 Å². The van der Waals surface area contributed by atoms with Crippen LogP contribution in [0.2, 0.25) is 5.02 Å². The van der Waals surface area contributed by atoms with E-state index in [2.05, 4.69) is 20.4 Å². The maximum absolute atomic E-state index is 11.1. The van der Waals surface area contributed by atoms with Crippen LogP contribution in [-0.2, 0) is 0 Å². The van der Waals surface area contributed by atoms with E-state index in [0.717, 1.165) is 0 Å². The van der Waals surface area contributed by atoms with E-state index in [1.165, 1.54) is 24.0 Å². The van der Waals surface area contributed by atoms with Crippen LogP contribution in [-0.4, -0.2) is 31.7 Å². The number of nitrogens with one attached hydrogen (secondary N) is 1. The quantitative estimate of drug-likeness (QED) is 0.670. The molecule has 0 radical (unpaired) electrons. The number of rotatable bonds is 3. The van der Waals surface area contributed by atoms with Crippen molar-refractivity contribution in [1.29, 1.82) is 0 Å². The second-order valence-electron chi connectivity index (χ2n) is 3.42. The molecule has 2 rings (SSSR count). The molecular weight excluding hydrogens is 260 g/mol. The van der Waals surface area contributed by atoms with Crippen LogP contribution in [0.15, 0.2) is 12.4 Å². The molecule has 0 amide bonds. The van der Waals surface area contributed by atoms with Gasteiger partial charge in [-0.15, -0.1) is 0 Å². The molecule has 9 heteroatoms. The third-order valence-electron chi connectivity index (χ3n) is 2.21. The molecule has 0 saturated carbocycles. The van der Waals surface area contributed by atoms with E-state index < -0.39 is 4.92 Å². The number of halogens is 1. The van der Waals surface area contributed by atoms with E-state index in [0.29, 0.717) is 5.02 Å². The summed E-state index contributed by atoms with van der Waals surface area (Å²) in [5, 5.41) is 18.1. The Balaban J connectivity index is 2.70. The lowest BCUT2D eigenvalue weighted by molar-refractivity contribution is -0.385. The highest BCUT2D eigenvalue weighted by molar-refractivity contribution is 6.30. The number of aryl methyl sites for hydroxylation is 1. The van der Waals surface area contributed by atoms with E-state index in [9.17, 15) is 10.1 Å². The standard InChI is InChI=1S/C9H9ClN6O2/c1-5-7(16(17)18)8(14-9(11-2)13-5)15-4-6(10)3-12-15/h3-4H,1-2H3,(H,11,13,14). The summed E-state index contributed by atoms with van der Waals surface area (Å²) >= 11 is 5.74. The first-order valence-electron chi connectivity index (χ1n) is 4.94. The molecule has 0 bridgehead atoms. The van der Waals surface area contributed by atoms with Gasteiger partial charge in [-0.05, 0) is 6.92 Å². The fraction of sp³-hybridized carbons (Fsp3) is 0.222. The Labute approximate surface area is 107 Å². The SMILES string of the molecule is CNc1nc(C)c([N+](=O)[O-])c(-n2cc(Cl)cn2)n1. The van der Waals surface area contributed by atoms with Gasteiger partial charge in [0.1, 0.15) is 5.69 Å². The van der Waals surface area contributed by atoms with Crippen molar-refractivity contribution in [3.05, 3.63) is 33.2 Å². The van der Waals surface area contributed by atoms with Crippen molar-refractivity contribution in [1.82, 2.24) is 19.7 Å². The Morgan fingerprint density at radius 3 is 2.72 bits per heavy atom. The molecule has 94 valence electrons. The Morgan fingerprint density at radius 2 is 2.22 bits per heavy atom. The summed E-state index contributed by atoms with van der Waals surface area (Å²) in [4.78, 5) is 18.5. The van der Waals surface area contributed by atoms with Crippen molar-refractivity contribution in [2.45, 2.75) is 6.92 Å². The van der Waals surface area contributed by atoms with E-state index in [4.69, 9.17) is 11.6 Å². The summed E-state index contributed by atoms with van der Waals surface area (Å²) in [6.45, 7) is 1.54. The summed E-state index contributed by atoms with van der Waals surface area (Å²) < 4.78 is 1.25. The zero-order chi connectivity index (χ0) is 13.3. The van der Waals surface area contributed by atoms with Crippen LogP contribution in [0.3, 0.4) is 0 Å². The van der Waals surface area contributed by atoms with Crippen LogP contribution in [0, 0.1) is 17.0 Å². The van der Waals surface area contributed by atoms with Gasteiger partial charge in [-0.1, -0.05) is 11.6 Å². The lowest BCUT2D eigenvalue weighted by Crippen LogP contribution is -2.09. The van der Waals surface area contributed by atoms with Crippen LogP contribution >= 0.6 is 11.6 Å². The maximum atomic E-state index is 11.1. The van der Waals surface area contributed by atoms with Crippen LogP contribution < -0.4 is 5.32 Å². The van der Waals surface area contributed by atoms with E-state index in [1.54, 1.807) is 7.05 Å². The highest BCUT2D eigenvalue weighted by Crippen LogP contribution is 2.25. The average molecular weight is 269 g/mol. The van der Waals surface area contributed by atoms with Gasteiger partial charge >= 0.3 is 5.69 Å². The number of nitrogens with zero attached hydrogens (tertiary/aromatic N) is 5. The predicted molar refractivity (Wildman–Crippen MR) is 65.1 cm³/mol. The summed E-state index contributed by atoms with van der Waals surface area (Å²) in [5.41, 5.74) is 0.0507. The molecule has 0 atom stereocenters. The molecule has 0 aliphatic heterocycles. The molecule has 0 spiro atoms. The zero-order valence-corrected chi connectivity index (χ0v) is 10.3. The fourth-order valence-corrected chi connectivity index (χ4v) is 1.59. The van der Waals surface area contributed by atoms with Crippen molar-refractivity contribution >= 4 is 23.2 Å². The van der Waals surface area contributed by atoms with Gasteiger partial charge in [-0.25, -0.2) is 9.67 Å². The number of aromatic nitrogens is 4. The molecule has 0 aromatic carbocycles. The third kappa shape index (κ3) is 2.09. The van der Waals surface area contributed by atoms with Gasteiger partial charge in [0.05, 0.1) is 22.3 Å². The van der Waals surface area contributed by atoms with Gasteiger partial charge in [-0.3, -0.25) is 10.1 Å². The number of hydrogen-bond acceptors (Lipinski definition) is 6. The van der Waals surface area contributed by atoms with Crippen LogP contribution in [0.4, 0.5) is 11.6 Å². The van der Waals surface area contributed by atoms with Crippen LogP contribution in [0.1, 0.15) is 5.69 Å². The van der Waals surface area contributed by atoms with Gasteiger partial charge in [-0.2, -0.15) is 10.1 Å². The lowest BCUT2D eigenvalue weighted by Gasteiger charge is -2.06. The van der Waals surface area contributed by atoms with Crippen molar-refractivity contribution < 1.29 is 4.92 Å². The minimum atomic E-state index is -0.542. The minimum Gasteiger partial charge on any atom is -0.357 e. The van der Waals surface area contributed by atoms with Crippen LogP contribution in [0.5, 0.6) is 0 Å². The molecule has 8 nitrogen and oxygen atoms in total. The monoisotopic (exact) mass is 268 g/mol. The molecule has 0 aliphatic rings. The molecule has 0 saturated heterocycles. The molecule has 0 fully saturated rings. The Hall–Kier alpha value is -2.22. The zero-order valence-electron chi connectivity index (χ0n) is 9.59. The molecule has 18 heavy (non-hydrogen) atoms. The second-order valence-corrected chi connectivity index (χ2v) is 3.85. The highest BCUT2D eigenvalue weighted by Gasteiger charge is 2.23. The number of anilines is 1. The van der Waals surface area contributed by atoms with E-state index in [1.807, 2.05) is 0 Å². The van der Waals surface area contributed by atoms with Crippen molar-refractivity contribution in [3.63, 3.8) is 0 Å². The summed E-state index contributed by atoms with van der Waals surface area (Å²) in [5.74, 6) is 0.350. The Morgan fingerprint density at radius 1 is 1.50 bits per heavy atom. The molecule has 2 aromatic rings. The van der Waals surface area contributed by atoms with Gasteiger partial charge < -0.3 is 5.32 Å². The van der Waals surface area contributed by atoms with Crippen molar-refractivity contribution in [2.75, 3.05) is 12.4 Å². The van der Waals surface area contributed by atoms with Gasteiger partial charge in [0, 0.05) is 7.05 Å². The fourth-order valence-electron chi connectivity index (χ4n) is 1.45. The van der Waals surface area contributed by atoms with E-state index in [-0.39, 0.29) is 23.1 Å². The summed E-state index contributed by atoms with van der Waals surface area (Å²) in [6.07, 6.45) is 2.82. The predicted octanol–water partition coefficient (Wildman–Crippen LogP) is 1.57. The van der Waals surface area contributed by atoms with Crippen LogP contribution in [0.25, 0.3) is 5.82 Å². The third-order valence-corrected chi connectivity index (χ3v) is 2.41. The second kappa shape index (κ2) is 4.57. The number of hydrogen-bond donors (Lipinski definition) is 1. The average Bonchev–Trinajstić information content (AvgIpc) is 2.74. The van der Waals surface area contributed by atoms with Crippen molar-refractivity contribution in [3.8, 4) is 5.82 Å². The van der Waals surface area contributed by atoms with E-state index >= 15 is 0 Å². The first-order chi connectivity index (χ1) is 8.52. The molecule has 2 heterocycles. The Bertz CT molecular complexity index is 611. The largest absolute Gasteiger partial charge is 0.357 e. The topological polar surface area (TPSA) is 98.8 Å². The first kappa shape index (κ1) is 12.2. The smallest absolute Gasteiger partial charge is 0.334 e. The first-order valence-corrected chi connectivity index (χ1v) is 5.32. The summed E-state index contributed by atoms with van der Waals surface area (Å²) in [7, 11) is 1.63. The van der Waals surface area contributed by atoms with Gasteiger partial charge in [0.15, 0.2) is 0 Å². The molecular formula is C9H9ClN6O2. The lowest BCUT2D eigenvalue weighted by atomic mass is 10.3. The molecule has 1 N–H and O–H groups in total. The number of nitro groups is 1. The minimum absolute atomic E-state index is 0.0729. The molecule has 0 aliphatic carbocycles. The van der Waals surface area contributed by atoms with Gasteiger partial charge in [0.25, 0.3) is 0 Å². The normalized spacial score (nSPS) is 10.4. The highest BCUT2D eigenvalue weighted by atomic mass is 35.5. The van der Waals surface area contributed by atoms with Gasteiger partial charge in [0.2, 0.25) is 11.8 Å². The Kier molecular flexibility index (Phi) is 3.11. The summed E-state index contributed by atoms with van der Waals surface area (Å²) in [6, 6.07) is 0. The molecule has 2 aromatic heterocycles. The molecule has 0 unspecified atom stereocenters. The maximum Gasteiger partial charge on any atom is 0.334 e.